The summed E-state index contributed by atoms with van der Waals surface area (Å²) in [6.45, 7) is 4.14. The zero-order valence-corrected chi connectivity index (χ0v) is 22.7. The first-order valence-corrected chi connectivity index (χ1v) is 13.8. The maximum absolute atomic E-state index is 12.2. The van der Waals surface area contributed by atoms with Crippen molar-refractivity contribution in [3.05, 3.63) is 136 Å². The molecule has 0 saturated carbocycles. The van der Waals surface area contributed by atoms with Crippen molar-refractivity contribution in [1.82, 2.24) is 5.32 Å². The monoisotopic (exact) mass is 528 g/mol. The lowest BCUT2D eigenvalue weighted by Crippen LogP contribution is -2.18. The van der Waals surface area contributed by atoms with Crippen molar-refractivity contribution < 1.29 is 4.79 Å². The van der Waals surface area contributed by atoms with Gasteiger partial charge in [0.15, 0.2) is 0 Å². The van der Waals surface area contributed by atoms with Gasteiger partial charge in [0.1, 0.15) is 5.84 Å². The Balaban J connectivity index is 1.29. The van der Waals surface area contributed by atoms with Gasteiger partial charge in [-0.1, -0.05) is 78.9 Å². The number of nitrogens with zero attached hydrogens (tertiary/aromatic N) is 3. The molecule has 6 rings (SSSR count). The van der Waals surface area contributed by atoms with E-state index in [1.807, 2.05) is 36.4 Å². The molecule has 5 nitrogen and oxygen atoms in total. The van der Waals surface area contributed by atoms with Crippen molar-refractivity contribution in [2.45, 2.75) is 26.3 Å². The average Bonchev–Trinajstić information content (AvgIpc) is 3.56. The largest absolute Gasteiger partial charge is 0.300 e. The van der Waals surface area contributed by atoms with E-state index in [4.69, 9.17) is 10.1 Å². The fourth-order valence-electron chi connectivity index (χ4n) is 4.80. The first kappa shape index (κ1) is 24.9. The van der Waals surface area contributed by atoms with E-state index in [1.165, 1.54) is 28.5 Å². The topological polar surface area (TPSA) is 57.1 Å². The van der Waals surface area contributed by atoms with E-state index >= 15 is 0 Å². The summed E-state index contributed by atoms with van der Waals surface area (Å²) in [7, 11) is 0. The summed E-state index contributed by atoms with van der Waals surface area (Å²) in [4.78, 5) is 17.7. The van der Waals surface area contributed by atoms with Gasteiger partial charge in [-0.25, -0.2) is 4.99 Å². The van der Waals surface area contributed by atoms with E-state index in [-0.39, 0.29) is 11.3 Å². The minimum absolute atomic E-state index is 0.119. The van der Waals surface area contributed by atoms with E-state index in [1.54, 1.807) is 0 Å². The van der Waals surface area contributed by atoms with E-state index in [0.717, 1.165) is 39.5 Å². The van der Waals surface area contributed by atoms with Crippen LogP contribution in [0.25, 0.3) is 6.08 Å². The van der Waals surface area contributed by atoms with Crippen LogP contribution in [0, 0.1) is 13.8 Å². The van der Waals surface area contributed by atoms with Gasteiger partial charge in [-0.3, -0.25) is 9.80 Å². The second-order valence-electron chi connectivity index (χ2n) is 9.73. The van der Waals surface area contributed by atoms with Crippen molar-refractivity contribution in [1.29, 1.82) is 0 Å². The van der Waals surface area contributed by atoms with Gasteiger partial charge in [0.2, 0.25) is 0 Å². The highest BCUT2D eigenvalue weighted by atomic mass is 32.2. The third-order valence-electron chi connectivity index (χ3n) is 7.05. The van der Waals surface area contributed by atoms with Crippen molar-refractivity contribution in [3.8, 4) is 0 Å². The third-order valence-corrected chi connectivity index (χ3v) is 7.86. The van der Waals surface area contributed by atoms with Crippen molar-refractivity contribution in [2.75, 3.05) is 5.01 Å². The molecule has 0 bridgehead atoms. The molecule has 1 saturated heterocycles. The van der Waals surface area contributed by atoms with Crippen LogP contribution >= 0.6 is 11.8 Å². The van der Waals surface area contributed by atoms with Gasteiger partial charge in [0, 0.05) is 6.42 Å². The lowest BCUT2D eigenvalue weighted by atomic mass is 9.98. The molecule has 39 heavy (non-hydrogen) atoms. The molecule has 4 aromatic rings. The molecule has 1 unspecified atom stereocenters. The van der Waals surface area contributed by atoms with Crippen LogP contribution in [0.3, 0.4) is 0 Å². The summed E-state index contributed by atoms with van der Waals surface area (Å²) in [6.07, 6.45) is 2.84. The Bertz CT molecular complexity index is 1610. The van der Waals surface area contributed by atoms with Gasteiger partial charge in [0.05, 0.1) is 28.0 Å². The number of hydrogen-bond donors (Lipinski definition) is 1. The molecule has 192 valence electrons. The number of benzene rings is 4. The number of hydrazone groups is 1. The molecule has 2 heterocycles. The smallest absolute Gasteiger partial charge is 0.289 e. The van der Waals surface area contributed by atoms with Crippen LogP contribution in [0.4, 0.5) is 16.2 Å². The number of anilines is 1. The van der Waals surface area contributed by atoms with Gasteiger partial charge >= 0.3 is 0 Å². The normalized spacial score (nSPS) is 19.0. The Morgan fingerprint density at radius 2 is 1.62 bits per heavy atom. The van der Waals surface area contributed by atoms with Crippen molar-refractivity contribution in [3.63, 3.8) is 0 Å². The summed E-state index contributed by atoms with van der Waals surface area (Å²) in [5.74, 6) is 0.582. The van der Waals surface area contributed by atoms with Crippen LogP contribution in [0.15, 0.2) is 118 Å². The summed E-state index contributed by atoms with van der Waals surface area (Å²) in [6, 6.07) is 35.4. The zero-order chi connectivity index (χ0) is 26.8. The molecule has 0 aromatic heterocycles. The number of aryl methyl sites for hydroxylation is 2. The molecular weight excluding hydrogens is 500 g/mol. The van der Waals surface area contributed by atoms with Crippen LogP contribution in [-0.4, -0.2) is 16.8 Å². The lowest BCUT2D eigenvalue weighted by Gasteiger charge is -2.24. The number of hydrogen-bond acceptors (Lipinski definition) is 5. The van der Waals surface area contributed by atoms with Crippen molar-refractivity contribution in [2.24, 2.45) is 10.1 Å². The molecule has 1 amide bonds. The van der Waals surface area contributed by atoms with Crippen LogP contribution in [0.1, 0.15) is 40.3 Å². The number of nitrogens with one attached hydrogen (secondary N) is 1. The van der Waals surface area contributed by atoms with E-state index in [2.05, 4.69) is 97.0 Å². The molecule has 6 heteroatoms. The fourth-order valence-corrected chi connectivity index (χ4v) is 5.54. The Hall–Kier alpha value is -4.42. The molecule has 0 spiro atoms. The average molecular weight is 529 g/mol. The highest BCUT2D eigenvalue weighted by molar-refractivity contribution is 8.18. The van der Waals surface area contributed by atoms with Crippen LogP contribution in [-0.2, 0) is 0 Å². The van der Waals surface area contributed by atoms with Gasteiger partial charge in [-0.05, 0) is 83.8 Å². The minimum Gasteiger partial charge on any atom is -0.300 e. The van der Waals surface area contributed by atoms with E-state index in [0.29, 0.717) is 5.84 Å². The first-order chi connectivity index (χ1) is 19.0. The lowest BCUT2D eigenvalue weighted by molar-refractivity contribution is 0.265. The predicted molar refractivity (Wildman–Crippen MR) is 163 cm³/mol. The minimum atomic E-state index is -0.119. The highest BCUT2D eigenvalue weighted by Crippen LogP contribution is 2.37. The highest BCUT2D eigenvalue weighted by Gasteiger charge is 2.30. The molecule has 2 aliphatic rings. The van der Waals surface area contributed by atoms with Gasteiger partial charge in [-0.2, -0.15) is 5.10 Å². The summed E-state index contributed by atoms with van der Waals surface area (Å²) < 4.78 is 0. The number of thioether (sulfide) groups is 1. The molecule has 1 fully saturated rings. The summed E-state index contributed by atoms with van der Waals surface area (Å²) >= 11 is 1.17. The second-order valence-corrected chi connectivity index (χ2v) is 10.7. The Labute approximate surface area is 233 Å². The summed E-state index contributed by atoms with van der Waals surface area (Å²) in [5, 5.41) is 9.95. The number of amides is 1. The Kier molecular flexibility index (Phi) is 6.86. The number of carbonyl (C=O) groups excluding carboxylic acids is 1. The SMILES string of the molecule is Cc1ccc(N=C2NC(=O)S/C2=C\c2ccc(N3N=C(c4ccccc4)CC3c3ccccc3)cc2)cc1C. The molecule has 0 radical (unpaired) electrons. The number of rotatable bonds is 5. The molecule has 1 N–H and O–H groups in total. The van der Waals surface area contributed by atoms with Gasteiger partial charge in [-0.15, -0.1) is 0 Å². The molecule has 4 aromatic carbocycles. The maximum Gasteiger partial charge on any atom is 0.289 e. The number of aliphatic imine (C=N–C) groups is 1. The molecule has 2 aliphatic heterocycles. The molecule has 1 atom stereocenters. The van der Waals surface area contributed by atoms with Gasteiger partial charge in [0.25, 0.3) is 5.24 Å². The predicted octanol–water partition coefficient (Wildman–Crippen LogP) is 8.19. The first-order valence-electron chi connectivity index (χ1n) is 13.0. The molecule has 0 aliphatic carbocycles. The van der Waals surface area contributed by atoms with Crippen molar-refractivity contribution >= 4 is 46.0 Å². The number of amidine groups is 1. The van der Waals surface area contributed by atoms with Crippen LogP contribution in [0.5, 0.6) is 0 Å². The Morgan fingerprint density at radius 3 is 2.33 bits per heavy atom. The fraction of sp³-hybridized carbons (Fsp3) is 0.121. The standard InChI is InChI=1S/C33H28N4OS/c1-22-13-16-27(19-23(22)2)34-32-31(39-33(38)35-32)20-24-14-17-28(18-15-24)37-30(26-11-7-4-8-12-26)21-29(36-37)25-9-5-3-6-10-25/h3-20,30H,21H2,1-2H3,(H,34,35,38)/b31-20-. The second kappa shape index (κ2) is 10.8. The maximum atomic E-state index is 12.2. The molecular formula is C33H28N4OS. The summed E-state index contributed by atoms with van der Waals surface area (Å²) in [5.41, 5.74) is 8.68. The number of carbonyl (C=O) groups is 1. The third kappa shape index (κ3) is 5.42. The van der Waals surface area contributed by atoms with E-state index < -0.39 is 0 Å². The van der Waals surface area contributed by atoms with Crippen LogP contribution in [0.2, 0.25) is 0 Å². The Morgan fingerprint density at radius 1 is 0.897 bits per heavy atom. The zero-order valence-electron chi connectivity index (χ0n) is 21.8. The van der Waals surface area contributed by atoms with Crippen LogP contribution < -0.4 is 10.3 Å². The van der Waals surface area contributed by atoms with Gasteiger partial charge < -0.3 is 5.32 Å². The quantitative estimate of drug-likeness (QED) is 0.284. The van der Waals surface area contributed by atoms with E-state index in [9.17, 15) is 4.79 Å².